The third-order valence-electron chi connectivity index (χ3n) is 3.43. The van der Waals surface area contributed by atoms with Crippen molar-refractivity contribution in [2.24, 2.45) is 0 Å². The van der Waals surface area contributed by atoms with Gasteiger partial charge in [-0.25, -0.2) is 8.42 Å². The number of rotatable bonds is 3. The average Bonchev–Trinajstić information content (AvgIpc) is 2.46. The Morgan fingerprint density at radius 3 is 2.85 bits per heavy atom. The van der Waals surface area contributed by atoms with Crippen LogP contribution in [0.4, 0.5) is 5.69 Å². The van der Waals surface area contributed by atoms with Crippen molar-refractivity contribution in [2.45, 2.75) is 23.8 Å². The molecule has 0 aliphatic carbocycles. The fourth-order valence-electron chi connectivity index (χ4n) is 2.31. The normalized spacial score (nSPS) is 20.5. The van der Waals surface area contributed by atoms with Gasteiger partial charge in [0.2, 0.25) is 10.0 Å². The van der Waals surface area contributed by atoms with Crippen molar-refractivity contribution in [3.05, 3.63) is 23.8 Å². The predicted octanol–water partition coefficient (Wildman–Crippen LogP) is 0.940. The van der Waals surface area contributed by atoms with Gasteiger partial charge >= 0.3 is 0 Å². The van der Waals surface area contributed by atoms with Gasteiger partial charge in [0.1, 0.15) is 4.90 Å². The number of nitriles is 1. The van der Waals surface area contributed by atoms with E-state index in [-0.39, 0.29) is 16.7 Å². The molecule has 0 spiro atoms. The fourth-order valence-corrected chi connectivity index (χ4v) is 3.91. The fraction of sp³-hybridized carbons (Fsp3) is 0.462. The quantitative estimate of drug-likeness (QED) is 0.837. The van der Waals surface area contributed by atoms with E-state index in [0.717, 1.165) is 12.8 Å². The molecule has 1 aliphatic rings. The van der Waals surface area contributed by atoms with E-state index < -0.39 is 10.0 Å². The monoisotopic (exact) mass is 295 g/mol. The lowest BCUT2D eigenvalue weighted by molar-refractivity contribution is 0.0572. The van der Waals surface area contributed by atoms with E-state index in [1.807, 2.05) is 6.07 Å². The van der Waals surface area contributed by atoms with Gasteiger partial charge in [0, 0.05) is 20.2 Å². The number of anilines is 1. The number of piperidine rings is 1. The first-order valence-electron chi connectivity index (χ1n) is 6.31. The molecular weight excluding hydrogens is 278 g/mol. The van der Waals surface area contributed by atoms with Gasteiger partial charge < -0.3 is 10.5 Å². The van der Waals surface area contributed by atoms with Crippen LogP contribution in [0.5, 0.6) is 0 Å². The maximum absolute atomic E-state index is 12.6. The lowest BCUT2D eigenvalue weighted by Gasteiger charge is -2.31. The Bertz CT molecular complexity index is 637. The maximum Gasteiger partial charge on any atom is 0.245 e. The van der Waals surface area contributed by atoms with Crippen molar-refractivity contribution in [1.29, 1.82) is 5.26 Å². The summed E-state index contributed by atoms with van der Waals surface area (Å²) in [5.74, 6) is 0. The molecule has 1 atom stereocenters. The Balaban J connectivity index is 2.33. The number of benzene rings is 1. The number of nitrogens with two attached hydrogens (primary N) is 1. The number of methoxy groups -OCH3 is 1. The Labute approximate surface area is 118 Å². The van der Waals surface area contributed by atoms with Crippen LogP contribution in [-0.4, -0.2) is 39.0 Å². The van der Waals surface area contributed by atoms with Gasteiger partial charge in [-0.2, -0.15) is 9.57 Å². The third kappa shape index (κ3) is 2.77. The van der Waals surface area contributed by atoms with Gasteiger partial charge in [-0.15, -0.1) is 0 Å². The zero-order chi connectivity index (χ0) is 14.8. The van der Waals surface area contributed by atoms with Crippen molar-refractivity contribution in [3.8, 4) is 6.07 Å². The highest BCUT2D eigenvalue weighted by atomic mass is 32.2. The minimum atomic E-state index is -3.64. The van der Waals surface area contributed by atoms with E-state index in [1.54, 1.807) is 7.11 Å². The van der Waals surface area contributed by atoms with Gasteiger partial charge in [0.25, 0.3) is 0 Å². The molecule has 6 nitrogen and oxygen atoms in total. The van der Waals surface area contributed by atoms with Crippen LogP contribution in [0, 0.1) is 11.3 Å². The number of sulfonamides is 1. The predicted molar refractivity (Wildman–Crippen MR) is 74.4 cm³/mol. The van der Waals surface area contributed by atoms with Crippen molar-refractivity contribution < 1.29 is 13.2 Å². The van der Waals surface area contributed by atoms with E-state index >= 15 is 0 Å². The van der Waals surface area contributed by atoms with Crippen LogP contribution < -0.4 is 5.73 Å². The number of nitrogens with zero attached hydrogens (tertiary/aromatic N) is 2. The minimum Gasteiger partial charge on any atom is -0.398 e. The van der Waals surface area contributed by atoms with Crippen LogP contribution >= 0.6 is 0 Å². The average molecular weight is 295 g/mol. The first-order valence-corrected chi connectivity index (χ1v) is 7.75. The highest BCUT2D eigenvalue weighted by molar-refractivity contribution is 7.89. The summed E-state index contributed by atoms with van der Waals surface area (Å²) >= 11 is 0. The highest BCUT2D eigenvalue weighted by Gasteiger charge is 2.31. The molecule has 108 valence electrons. The molecule has 7 heteroatoms. The largest absolute Gasteiger partial charge is 0.398 e. The van der Waals surface area contributed by atoms with E-state index in [1.165, 1.54) is 22.5 Å². The second kappa shape index (κ2) is 5.79. The lowest BCUT2D eigenvalue weighted by atomic mass is 10.1. The van der Waals surface area contributed by atoms with E-state index in [9.17, 15) is 8.42 Å². The molecule has 1 aromatic carbocycles. The molecule has 1 heterocycles. The molecule has 0 saturated carbocycles. The van der Waals surface area contributed by atoms with Crippen LogP contribution in [-0.2, 0) is 14.8 Å². The molecule has 1 aliphatic heterocycles. The van der Waals surface area contributed by atoms with Crippen LogP contribution in [0.3, 0.4) is 0 Å². The third-order valence-corrected chi connectivity index (χ3v) is 5.37. The first-order chi connectivity index (χ1) is 9.48. The molecule has 2 N–H and O–H groups in total. The maximum atomic E-state index is 12.6. The summed E-state index contributed by atoms with van der Waals surface area (Å²) in [7, 11) is -2.06. The van der Waals surface area contributed by atoms with Gasteiger partial charge in [0.05, 0.1) is 23.4 Å². The lowest BCUT2D eigenvalue weighted by Crippen LogP contribution is -2.42. The summed E-state index contributed by atoms with van der Waals surface area (Å²) < 4.78 is 31.8. The summed E-state index contributed by atoms with van der Waals surface area (Å²) in [5.41, 5.74) is 6.21. The summed E-state index contributed by atoms with van der Waals surface area (Å²) in [6.07, 6.45) is 1.53. The van der Waals surface area contributed by atoms with Gasteiger partial charge in [-0.05, 0) is 31.0 Å². The summed E-state index contributed by atoms with van der Waals surface area (Å²) in [5, 5.41) is 8.79. The van der Waals surface area contributed by atoms with Gasteiger partial charge in [-0.3, -0.25) is 0 Å². The van der Waals surface area contributed by atoms with Gasteiger partial charge in [-0.1, -0.05) is 0 Å². The Kier molecular flexibility index (Phi) is 4.28. The van der Waals surface area contributed by atoms with E-state index in [4.69, 9.17) is 15.7 Å². The standard InChI is InChI=1S/C13H17N3O3S/c1-19-11-3-2-6-16(9-11)20(17,18)13-5-4-10(8-14)7-12(13)15/h4-5,7,11H,2-3,6,9,15H2,1H3. The van der Waals surface area contributed by atoms with Crippen molar-refractivity contribution in [1.82, 2.24) is 4.31 Å². The van der Waals surface area contributed by atoms with Gasteiger partial charge in [0.15, 0.2) is 0 Å². The minimum absolute atomic E-state index is 0.0493. The summed E-state index contributed by atoms with van der Waals surface area (Å²) in [6.45, 7) is 0.792. The Morgan fingerprint density at radius 2 is 2.25 bits per heavy atom. The Hall–Kier alpha value is -1.62. The number of nitrogen functional groups attached to an aromatic ring is 1. The number of hydrogen-bond acceptors (Lipinski definition) is 5. The number of hydrogen-bond donors (Lipinski definition) is 1. The van der Waals surface area contributed by atoms with Crippen molar-refractivity contribution in [3.63, 3.8) is 0 Å². The molecule has 1 aromatic rings. The second-order valence-electron chi connectivity index (χ2n) is 4.73. The summed E-state index contributed by atoms with van der Waals surface area (Å²) in [6, 6.07) is 6.16. The van der Waals surface area contributed by atoms with Crippen LogP contribution in [0.1, 0.15) is 18.4 Å². The molecular formula is C13H17N3O3S. The van der Waals surface area contributed by atoms with Crippen LogP contribution in [0.25, 0.3) is 0 Å². The first kappa shape index (κ1) is 14.8. The zero-order valence-electron chi connectivity index (χ0n) is 11.2. The highest BCUT2D eigenvalue weighted by Crippen LogP contribution is 2.26. The van der Waals surface area contributed by atoms with Crippen molar-refractivity contribution >= 4 is 15.7 Å². The SMILES string of the molecule is COC1CCCN(S(=O)(=O)c2ccc(C#N)cc2N)C1. The Morgan fingerprint density at radius 1 is 1.50 bits per heavy atom. The topological polar surface area (TPSA) is 96.4 Å². The summed E-state index contributed by atoms with van der Waals surface area (Å²) in [4.78, 5) is 0.0493. The van der Waals surface area contributed by atoms with Crippen molar-refractivity contribution in [2.75, 3.05) is 25.9 Å². The molecule has 2 rings (SSSR count). The van der Waals surface area contributed by atoms with E-state index in [0.29, 0.717) is 18.7 Å². The molecule has 20 heavy (non-hydrogen) atoms. The molecule has 1 saturated heterocycles. The van der Waals surface area contributed by atoms with Crippen LogP contribution in [0.2, 0.25) is 0 Å². The molecule has 0 amide bonds. The molecule has 0 radical (unpaired) electrons. The molecule has 1 fully saturated rings. The van der Waals surface area contributed by atoms with E-state index in [2.05, 4.69) is 0 Å². The molecule has 1 unspecified atom stereocenters. The van der Waals surface area contributed by atoms with Crippen LogP contribution in [0.15, 0.2) is 23.1 Å². The molecule has 0 bridgehead atoms. The second-order valence-corrected chi connectivity index (χ2v) is 6.63. The number of ether oxygens (including phenoxy) is 1. The smallest absolute Gasteiger partial charge is 0.245 e. The molecule has 0 aromatic heterocycles. The zero-order valence-corrected chi connectivity index (χ0v) is 12.1.